The van der Waals surface area contributed by atoms with E-state index < -0.39 is 34.7 Å². The Hall–Kier alpha value is -2.12. The molecule has 2 saturated heterocycles. The predicted molar refractivity (Wildman–Crippen MR) is 122 cm³/mol. The molecule has 0 aromatic carbocycles. The van der Waals surface area contributed by atoms with Crippen LogP contribution in [0.3, 0.4) is 0 Å². The van der Waals surface area contributed by atoms with E-state index in [0.29, 0.717) is 12.2 Å². The lowest BCUT2D eigenvalue weighted by Gasteiger charge is -2.60. The van der Waals surface area contributed by atoms with Gasteiger partial charge in [0.05, 0.1) is 19.5 Å². The van der Waals surface area contributed by atoms with Gasteiger partial charge in [0.15, 0.2) is 12.2 Å². The number of esters is 2. The molecule has 5 rings (SSSR count). The molecule has 1 spiro atoms. The highest BCUT2D eigenvalue weighted by Gasteiger charge is 2.80. The second-order valence-corrected chi connectivity index (χ2v) is 11.8. The molecule has 7 heteroatoms. The molecule has 2 aliphatic carbocycles. The van der Waals surface area contributed by atoms with Crippen LogP contribution in [0, 0.1) is 28.1 Å². The number of ether oxygens (including phenoxy) is 3. The van der Waals surface area contributed by atoms with Crippen LogP contribution in [0.5, 0.6) is 0 Å². The van der Waals surface area contributed by atoms with Crippen molar-refractivity contribution < 1.29 is 33.3 Å². The first kappa shape index (κ1) is 23.6. The molecule has 4 fully saturated rings. The number of methoxy groups -OCH3 is 1. The average Bonchev–Trinajstić information content (AvgIpc) is 3.35. The van der Waals surface area contributed by atoms with E-state index in [1.807, 2.05) is 19.9 Å². The van der Waals surface area contributed by atoms with Gasteiger partial charge in [-0.2, -0.15) is 0 Å². The highest BCUT2D eigenvalue weighted by Crippen LogP contribution is 2.72. The number of aliphatic hydroxyl groups is 1. The number of epoxide rings is 1. The molecule has 2 aliphatic heterocycles. The number of rotatable bonds is 4. The van der Waals surface area contributed by atoms with Crippen LogP contribution in [-0.4, -0.2) is 42.0 Å². The van der Waals surface area contributed by atoms with Gasteiger partial charge < -0.3 is 23.7 Å². The van der Waals surface area contributed by atoms with Gasteiger partial charge in [-0.3, -0.25) is 4.79 Å². The van der Waals surface area contributed by atoms with Gasteiger partial charge in [0.1, 0.15) is 11.4 Å². The van der Waals surface area contributed by atoms with Crippen LogP contribution in [0.15, 0.2) is 35.0 Å². The van der Waals surface area contributed by atoms with Crippen molar-refractivity contribution in [1.82, 2.24) is 0 Å². The zero-order valence-corrected chi connectivity index (χ0v) is 20.8. The molecular weight excluding hydrogens is 436 g/mol. The fraction of sp³-hybridized carbons (Fsp3) is 0.704. The summed E-state index contributed by atoms with van der Waals surface area (Å²) < 4.78 is 22.8. The summed E-state index contributed by atoms with van der Waals surface area (Å²) in [5, 5.41) is 10.9. The Morgan fingerprint density at radius 1 is 1.21 bits per heavy atom. The lowest BCUT2D eigenvalue weighted by atomic mass is 9.45. The molecule has 3 heterocycles. The third kappa shape index (κ3) is 2.89. The highest BCUT2D eigenvalue weighted by atomic mass is 16.7. The van der Waals surface area contributed by atoms with Gasteiger partial charge in [-0.25, -0.2) is 4.79 Å². The fourth-order valence-electron chi connectivity index (χ4n) is 7.89. The Morgan fingerprint density at radius 3 is 2.59 bits per heavy atom. The van der Waals surface area contributed by atoms with Crippen molar-refractivity contribution in [3.8, 4) is 0 Å². The van der Waals surface area contributed by atoms with Crippen LogP contribution >= 0.6 is 0 Å². The van der Waals surface area contributed by atoms with E-state index in [1.165, 1.54) is 7.11 Å². The molecule has 2 saturated carbocycles. The maximum Gasteiger partial charge on any atom is 0.339 e. The molecule has 186 valence electrons. The molecule has 8 atom stereocenters. The molecule has 0 bridgehead atoms. The standard InChI is InChI=1S/C27H36O7/c1-15-16(25(4)11-10-19(28)24(2,3)18(25)14-20(29)31-6)9-12-26(5)21(17-8-7-13-32-17)33-23(30)22-27(15,26)34-22/h7-8,13,16,18-19,21-22,28H,1,9-12,14H2,2-6H3/t16-,18+,19+,21-,22-,25-,26+,27-/m0/s1. The highest BCUT2D eigenvalue weighted by molar-refractivity contribution is 5.83. The van der Waals surface area contributed by atoms with Gasteiger partial charge in [-0.05, 0) is 66.1 Å². The van der Waals surface area contributed by atoms with E-state index in [2.05, 4.69) is 20.4 Å². The van der Waals surface area contributed by atoms with Crippen molar-refractivity contribution in [1.29, 1.82) is 0 Å². The van der Waals surface area contributed by atoms with Crippen LogP contribution in [-0.2, 0) is 23.8 Å². The zero-order chi connectivity index (χ0) is 24.7. The SMILES string of the molecule is C=C1[C@@H]([C@]2(C)CC[C@@H](O)C(C)(C)[C@H]2CC(=O)OC)CC[C@]2(C)[C@H](c3ccco3)OC(=O)[C@@H]3O[C@@]132. The van der Waals surface area contributed by atoms with Gasteiger partial charge in [-0.1, -0.05) is 34.3 Å². The van der Waals surface area contributed by atoms with Gasteiger partial charge in [0.25, 0.3) is 0 Å². The first-order valence-electron chi connectivity index (χ1n) is 12.3. The van der Waals surface area contributed by atoms with Gasteiger partial charge in [0, 0.05) is 11.8 Å². The summed E-state index contributed by atoms with van der Waals surface area (Å²) in [6.07, 6.45) is 3.09. The number of hydrogen-bond donors (Lipinski definition) is 1. The molecule has 1 aromatic heterocycles. The van der Waals surface area contributed by atoms with Crippen LogP contribution in [0.4, 0.5) is 0 Å². The molecule has 1 aromatic rings. The number of aliphatic hydroxyl groups excluding tert-OH is 1. The second-order valence-electron chi connectivity index (χ2n) is 11.8. The minimum absolute atomic E-state index is 0.0233. The normalized spacial score (nSPS) is 45.1. The summed E-state index contributed by atoms with van der Waals surface area (Å²) in [5.41, 5.74) is -1.21. The van der Waals surface area contributed by atoms with E-state index in [-0.39, 0.29) is 35.6 Å². The molecular formula is C27H36O7. The van der Waals surface area contributed by atoms with E-state index in [0.717, 1.165) is 24.8 Å². The molecule has 0 amide bonds. The molecule has 7 nitrogen and oxygen atoms in total. The molecule has 4 aliphatic rings. The summed E-state index contributed by atoms with van der Waals surface area (Å²) in [4.78, 5) is 25.4. The Balaban J connectivity index is 1.54. The minimum atomic E-state index is -0.818. The zero-order valence-electron chi connectivity index (χ0n) is 20.8. The summed E-state index contributed by atoms with van der Waals surface area (Å²) in [5.74, 6) is -0.131. The van der Waals surface area contributed by atoms with Crippen LogP contribution in [0.25, 0.3) is 0 Å². The van der Waals surface area contributed by atoms with Gasteiger partial charge >= 0.3 is 11.9 Å². The Kier molecular flexibility index (Phi) is 5.17. The van der Waals surface area contributed by atoms with Crippen molar-refractivity contribution in [2.75, 3.05) is 7.11 Å². The third-order valence-electron chi connectivity index (χ3n) is 10.0. The van der Waals surface area contributed by atoms with Crippen LogP contribution in [0.1, 0.15) is 71.7 Å². The molecule has 1 N–H and O–H groups in total. The van der Waals surface area contributed by atoms with Crippen molar-refractivity contribution in [2.24, 2.45) is 28.1 Å². The smallest absolute Gasteiger partial charge is 0.339 e. The first-order valence-corrected chi connectivity index (χ1v) is 12.3. The Labute approximate surface area is 200 Å². The maximum absolute atomic E-state index is 12.9. The number of carbonyl (C=O) groups excluding carboxylic acids is 2. The van der Waals surface area contributed by atoms with E-state index in [9.17, 15) is 14.7 Å². The quantitative estimate of drug-likeness (QED) is 0.395. The Bertz CT molecular complexity index is 1010. The third-order valence-corrected chi connectivity index (χ3v) is 10.0. The van der Waals surface area contributed by atoms with Crippen molar-refractivity contribution in [3.63, 3.8) is 0 Å². The lowest BCUT2D eigenvalue weighted by molar-refractivity contribution is -0.174. The summed E-state index contributed by atoms with van der Waals surface area (Å²) in [6, 6.07) is 3.64. The van der Waals surface area contributed by atoms with E-state index in [1.54, 1.807) is 12.3 Å². The van der Waals surface area contributed by atoms with E-state index >= 15 is 0 Å². The number of cyclic esters (lactones) is 1. The first-order chi connectivity index (χ1) is 15.9. The van der Waals surface area contributed by atoms with Crippen molar-refractivity contribution in [2.45, 2.75) is 83.7 Å². The number of carbonyl (C=O) groups is 2. The summed E-state index contributed by atoms with van der Waals surface area (Å²) in [6.45, 7) is 13.0. The summed E-state index contributed by atoms with van der Waals surface area (Å²) >= 11 is 0. The Morgan fingerprint density at radius 2 is 1.94 bits per heavy atom. The number of hydrogen-bond acceptors (Lipinski definition) is 7. The van der Waals surface area contributed by atoms with Gasteiger partial charge in [-0.15, -0.1) is 0 Å². The predicted octanol–water partition coefficient (Wildman–Crippen LogP) is 4.35. The monoisotopic (exact) mass is 472 g/mol. The average molecular weight is 473 g/mol. The molecule has 0 unspecified atom stereocenters. The summed E-state index contributed by atoms with van der Waals surface area (Å²) in [7, 11) is 1.40. The number of furan rings is 1. The second kappa shape index (κ2) is 7.44. The van der Waals surface area contributed by atoms with Crippen molar-refractivity contribution in [3.05, 3.63) is 36.3 Å². The maximum atomic E-state index is 12.9. The topological polar surface area (TPSA) is 98.5 Å². The minimum Gasteiger partial charge on any atom is -0.469 e. The van der Waals surface area contributed by atoms with Crippen molar-refractivity contribution >= 4 is 11.9 Å². The van der Waals surface area contributed by atoms with Crippen LogP contribution in [0.2, 0.25) is 0 Å². The molecule has 0 radical (unpaired) electrons. The lowest BCUT2D eigenvalue weighted by Crippen LogP contribution is -2.59. The molecule has 34 heavy (non-hydrogen) atoms. The van der Waals surface area contributed by atoms with E-state index in [4.69, 9.17) is 18.6 Å². The fourth-order valence-corrected chi connectivity index (χ4v) is 7.89. The largest absolute Gasteiger partial charge is 0.469 e. The van der Waals surface area contributed by atoms with Gasteiger partial charge in [0.2, 0.25) is 0 Å². The van der Waals surface area contributed by atoms with Crippen LogP contribution < -0.4 is 0 Å².